The molecule has 0 N–H and O–H groups in total. The molecule has 230 valence electrons. The monoisotopic (exact) mass is 620 g/mol. The summed E-state index contributed by atoms with van der Waals surface area (Å²) >= 11 is 0. The van der Waals surface area contributed by atoms with Crippen molar-refractivity contribution in [1.82, 2.24) is 28.7 Å². The maximum Gasteiger partial charge on any atom is 0.214 e. The average molecular weight is 621 g/mol. The molecule has 0 aliphatic carbocycles. The molecule has 9 rings (SSSR count). The number of aryl methyl sites for hydroxylation is 3. The van der Waals surface area contributed by atoms with E-state index < -0.39 is 0 Å². The van der Waals surface area contributed by atoms with Crippen molar-refractivity contribution in [1.29, 1.82) is 0 Å². The van der Waals surface area contributed by atoms with Crippen LogP contribution in [0.25, 0.3) is 78.2 Å². The average Bonchev–Trinajstić information content (AvgIpc) is 3.81. The topological polar surface area (TPSA) is 53.5 Å². The van der Waals surface area contributed by atoms with Gasteiger partial charge in [0.2, 0.25) is 5.95 Å². The number of fused-ring (bicyclic) bond motifs is 4. The van der Waals surface area contributed by atoms with Gasteiger partial charge in [-0.15, -0.1) is 0 Å². The fourth-order valence-corrected chi connectivity index (χ4v) is 7.19. The zero-order chi connectivity index (χ0) is 32.4. The van der Waals surface area contributed by atoms with Gasteiger partial charge >= 0.3 is 0 Å². The van der Waals surface area contributed by atoms with Crippen molar-refractivity contribution in [2.45, 2.75) is 13.8 Å². The van der Waals surface area contributed by atoms with Crippen LogP contribution in [0, 0.1) is 13.8 Å². The number of hydrogen-bond acceptors (Lipinski definition) is 3. The second kappa shape index (κ2) is 10.9. The summed E-state index contributed by atoms with van der Waals surface area (Å²) in [5, 5.41) is 2.41. The van der Waals surface area contributed by atoms with Crippen molar-refractivity contribution in [3.05, 3.63) is 151 Å². The molecule has 0 spiro atoms. The minimum atomic E-state index is 0.837. The van der Waals surface area contributed by atoms with Gasteiger partial charge in [-0.25, -0.2) is 15.0 Å². The number of rotatable bonds is 5. The maximum absolute atomic E-state index is 5.26. The molecular formula is C42H32N6. The van der Waals surface area contributed by atoms with Gasteiger partial charge in [0.05, 0.1) is 22.1 Å². The van der Waals surface area contributed by atoms with Crippen LogP contribution in [0.1, 0.15) is 11.1 Å². The molecule has 48 heavy (non-hydrogen) atoms. The first-order valence-corrected chi connectivity index (χ1v) is 16.2. The highest BCUT2D eigenvalue weighted by molar-refractivity contribution is 6.10. The third-order valence-electron chi connectivity index (χ3n) is 9.40. The number of para-hydroxylation sites is 1. The molecule has 0 saturated carbocycles. The molecule has 6 heteroatoms. The first-order valence-electron chi connectivity index (χ1n) is 16.2. The third-order valence-corrected chi connectivity index (χ3v) is 9.40. The summed E-state index contributed by atoms with van der Waals surface area (Å²) < 4.78 is 6.53. The van der Waals surface area contributed by atoms with Crippen molar-refractivity contribution in [3.8, 4) is 45.4 Å². The van der Waals surface area contributed by atoms with Gasteiger partial charge in [-0.3, -0.25) is 9.13 Å². The molecular weight excluding hydrogens is 589 g/mol. The van der Waals surface area contributed by atoms with Crippen molar-refractivity contribution < 1.29 is 0 Å². The zero-order valence-corrected chi connectivity index (χ0v) is 27.0. The van der Waals surface area contributed by atoms with E-state index in [2.05, 4.69) is 137 Å². The largest absolute Gasteiger partial charge is 0.320 e. The van der Waals surface area contributed by atoms with Crippen LogP contribution < -0.4 is 0 Å². The van der Waals surface area contributed by atoms with Crippen LogP contribution >= 0.6 is 0 Å². The van der Waals surface area contributed by atoms with E-state index in [0.717, 1.165) is 56.3 Å². The lowest BCUT2D eigenvalue weighted by atomic mass is 9.95. The van der Waals surface area contributed by atoms with E-state index in [9.17, 15) is 0 Å². The quantitative estimate of drug-likeness (QED) is 0.192. The molecule has 0 saturated heterocycles. The second-order valence-corrected chi connectivity index (χ2v) is 12.4. The van der Waals surface area contributed by atoms with E-state index >= 15 is 0 Å². The Hall–Kier alpha value is -6.27. The Bertz CT molecular complexity index is 2620. The van der Waals surface area contributed by atoms with Crippen LogP contribution in [-0.2, 0) is 7.05 Å². The Labute approximate surface area is 278 Å². The highest BCUT2D eigenvalue weighted by Gasteiger charge is 2.21. The molecule has 6 nitrogen and oxygen atoms in total. The predicted molar refractivity (Wildman–Crippen MR) is 196 cm³/mol. The summed E-state index contributed by atoms with van der Waals surface area (Å²) in [6.45, 7) is 4.36. The van der Waals surface area contributed by atoms with E-state index in [4.69, 9.17) is 15.0 Å². The van der Waals surface area contributed by atoms with E-state index in [-0.39, 0.29) is 0 Å². The Morgan fingerprint density at radius 3 is 1.98 bits per heavy atom. The van der Waals surface area contributed by atoms with Gasteiger partial charge in [0.1, 0.15) is 11.6 Å². The van der Waals surface area contributed by atoms with Crippen molar-refractivity contribution in [2.75, 3.05) is 0 Å². The van der Waals surface area contributed by atoms with Crippen LogP contribution in [0.5, 0.6) is 0 Å². The normalized spacial score (nSPS) is 11.6. The van der Waals surface area contributed by atoms with Gasteiger partial charge < -0.3 is 4.57 Å². The number of benzene rings is 5. The molecule has 0 unspecified atom stereocenters. The minimum Gasteiger partial charge on any atom is -0.320 e. The summed E-state index contributed by atoms with van der Waals surface area (Å²) in [4.78, 5) is 14.8. The Morgan fingerprint density at radius 1 is 0.521 bits per heavy atom. The molecule has 0 atom stereocenters. The van der Waals surface area contributed by atoms with E-state index in [1.807, 2.05) is 37.8 Å². The van der Waals surface area contributed by atoms with E-state index in [1.165, 1.54) is 33.0 Å². The fraction of sp³-hybridized carbons (Fsp3) is 0.0714. The van der Waals surface area contributed by atoms with E-state index in [0.29, 0.717) is 0 Å². The van der Waals surface area contributed by atoms with Gasteiger partial charge in [-0.05, 0) is 83.6 Å². The molecule has 0 aliphatic rings. The molecule has 5 aromatic carbocycles. The highest BCUT2D eigenvalue weighted by atomic mass is 15.2. The Kier molecular flexibility index (Phi) is 6.37. The molecule has 4 aromatic heterocycles. The molecule has 9 aromatic rings. The summed E-state index contributed by atoms with van der Waals surface area (Å²) in [5.74, 6) is 2.61. The summed E-state index contributed by atoms with van der Waals surface area (Å²) in [5.41, 5.74) is 12.3. The number of aromatic nitrogens is 6. The maximum atomic E-state index is 5.26. The van der Waals surface area contributed by atoms with Crippen LogP contribution in [0.15, 0.2) is 140 Å². The number of hydrogen-bond donors (Lipinski definition) is 0. The second-order valence-electron chi connectivity index (χ2n) is 12.4. The van der Waals surface area contributed by atoms with Crippen LogP contribution in [-0.4, -0.2) is 28.7 Å². The third kappa shape index (κ3) is 4.37. The summed E-state index contributed by atoms with van der Waals surface area (Å²) in [6, 6.07) is 42.9. The zero-order valence-electron chi connectivity index (χ0n) is 27.0. The Morgan fingerprint density at radius 2 is 1.23 bits per heavy atom. The SMILES string of the molecule is Cc1cc(-c2ccccc2)cc(C)c1-c1nc2ccc(-c3ccc4c5ccccc5n(-c5nccn5C)c4c3)cc2n1-c1ccccn1. The lowest BCUT2D eigenvalue weighted by Crippen LogP contribution is -2.02. The van der Waals surface area contributed by atoms with Gasteiger partial charge in [0.15, 0.2) is 0 Å². The molecule has 0 fully saturated rings. The smallest absolute Gasteiger partial charge is 0.214 e. The van der Waals surface area contributed by atoms with Gasteiger partial charge in [0, 0.05) is 42.0 Å². The van der Waals surface area contributed by atoms with Crippen molar-refractivity contribution in [2.24, 2.45) is 7.05 Å². The Balaban J connectivity index is 1.25. The summed E-state index contributed by atoms with van der Waals surface area (Å²) in [6.07, 6.45) is 5.68. The molecule has 0 aliphatic heterocycles. The lowest BCUT2D eigenvalue weighted by molar-refractivity contribution is 0.846. The fourth-order valence-electron chi connectivity index (χ4n) is 7.19. The lowest BCUT2D eigenvalue weighted by Gasteiger charge is -2.15. The number of imidazole rings is 2. The molecule has 0 amide bonds. The van der Waals surface area contributed by atoms with Crippen LogP contribution in [0.2, 0.25) is 0 Å². The molecule has 0 radical (unpaired) electrons. The van der Waals surface area contributed by atoms with Gasteiger partial charge in [-0.2, -0.15) is 0 Å². The highest BCUT2D eigenvalue weighted by Crippen LogP contribution is 2.38. The van der Waals surface area contributed by atoms with Crippen molar-refractivity contribution >= 4 is 32.8 Å². The van der Waals surface area contributed by atoms with Gasteiger partial charge in [-0.1, -0.05) is 84.9 Å². The standard InChI is InChI=1S/C42H32N6/c1-27-23-32(29-11-5-4-6-12-29)24-28(2)40(27)41-45-35-19-17-31(26-38(35)48(41)39-15-9-10-20-43-39)30-16-18-34-33-13-7-8-14-36(33)47(37(34)25-30)42-44-21-22-46(42)3/h4-26H,1-3H3. The summed E-state index contributed by atoms with van der Waals surface area (Å²) in [7, 11) is 2.04. The number of pyridine rings is 1. The van der Waals surface area contributed by atoms with E-state index in [1.54, 1.807) is 0 Å². The number of nitrogens with zero attached hydrogens (tertiary/aromatic N) is 6. The van der Waals surface area contributed by atoms with Crippen LogP contribution in [0.3, 0.4) is 0 Å². The predicted octanol–water partition coefficient (Wildman–Crippen LogP) is 9.87. The first-order chi connectivity index (χ1) is 23.5. The van der Waals surface area contributed by atoms with Gasteiger partial charge in [0.25, 0.3) is 0 Å². The minimum absolute atomic E-state index is 0.837. The van der Waals surface area contributed by atoms with Crippen LogP contribution in [0.4, 0.5) is 0 Å². The molecule has 4 heterocycles. The van der Waals surface area contributed by atoms with Crippen molar-refractivity contribution in [3.63, 3.8) is 0 Å². The first kappa shape index (κ1) is 28.0. The molecule has 0 bridgehead atoms.